The third-order valence-corrected chi connectivity index (χ3v) is 4.73. The molecule has 0 saturated carbocycles. The summed E-state index contributed by atoms with van der Waals surface area (Å²) in [4.78, 5) is 26.3. The van der Waals surface area contributed by atoms with Crippen LogP contribution in [0.25, 0.3) is 0 Å². The fraction of sp³-hybridized carbons (Fsp3) is 0.556. The Morgan fingerprint density at radius 3 is 2.68 bits per heavy atom. The van der Waals surface area contributed by atoms with Gasteiger partial charge in [-0.1, -0.05) is 11.6 Å². The maximum atomic E-state index is 12.8. The molecule has 2 aliphatic rings. The minimum absolute atomic E-state index is 0.111. The summed E-state index contributed by atoms with van der Waals surface area (Å²) < 4.78 is 16.3. The van der Waals surface area contributed by atoms with Gasteiger partial charge in [-0.05, 0) is 31.9 Å². The van der Waals surface area contributed by atoms with E-state index >= 15 is 0 Å². The average Bonchev–Trinajstić information content (AvgIpc) is 2.87. The SMILES string of the molecule is CCOC(=O)C1CCN(C(=O)c2cc(Cl)c3c(c2)OCCCO3)CC1. The Balaban J connectivity index is 1.69. The Morgan fingerprint density at radius 1 is 1.24 bits per heavy atom. The number of carbonyl (C=O) groups is 2. The number of amides is 1. The zero-order valence-corrected chi connectivity index (χ0v) is 15.0. The molecule has 3 rings (SSSR count). The van der Waals surface area contributed by atoms with Crippen LogP contribution in [0.1, 0.15) is 36.5 Å². The number of halogens is 1. The minimum Gasteiger partial charge on any atom is -0.489 e. The second kappa shape index (κ2) is 7.95. The van der Waals surface area contributed by atoms with E-state index in [9.17, 15) is 9.59 Å². The first-order valence-electron chi connectivity index (χ1n) is 8.65. The first-order valence-corrected chi connectivity index (χ1v) is 9.03. The highest BCUT2D eigenvalue weighted by molar-refractivity contribution is 6.32. The molecule has 1 saturated heterocycles. The van der Waals surface area contributed by atoms with Gasteiger partial charge in [0.15, 0.2) is 11.5 Å². The van der Waals surface area contributed by atoms with Crippen LogP contribution in [0.3, 0.4) is 0 Å². The van der Waals surface area contributed by atoms with Gasteiger partial charge in [0.2, 0.25) is 0 Å². The Hall–Kier alpha value is -1.95. The van der Waals surface area contributed by atoms with Crippen LogP contribution in [0, 0.1) is 5.92 Å². The highest BCUT2D eigenvalue weighted by Crippen LogP contribution is 2.38. The number of ether oxygens (including phenoxy) is 3. The Bertz CT molecular complexity index is 655. The molecule has 2 aliphatic heterocycles. The van der Waals surface area contributed by atoms with E-state index in [1.165, 1.54) is 0 Å². The van der Waals surface area contributed by atoms with Crippen LogP contribution in [-0.2, 0) is 9.53 Å². The van der Waals surface area contributed by atoms with E-state index in [-0.39, 0.29) is 17.8 Å². The van der Waals surface area contributed by atoms with Gasteiger partial charge in [-0.3, -0.25) is 9.59 Å². The Kier molecular flexibility index (Phi) is 5.68. The zero-order chi connectivity index (χ0) is 17.8. The first kappa shape index (κ1) is 17.9. The quantitative estimate of drug-likeness (QED) is 0.768. The fourth-order valence-electron chi connectivity index (χ4n) is 3.12. The highest BCUT2D eigenvalue weighted by atomic mass is 35.5. The van der Waals surface area contributed by atoms with Gasteiger partial charge in [0.1, 0.15) is 0 Å². The second-order valence-electron chi connectivity index (χ2n) is 6.15. The molecule has 7 heteroatoms. The van der Waals surface area contributed by atoms with Gasteiger partial charge < -0.3 is 19.1 Å². The molecule has 6 nitrogen and oxygen atoms in total. The predicted molar refractivity (Wildman–Crippen MR) is 92.3 cm³/mol. The van der Waals surface area contributed by atoms with Crippen molar-refractivity contribution in [1.82, 2.24) is 4.90 Å². The molecule has 0 radical (unpaired) electrons. The van der Waals surface area contributed by atoms with Crippen molar-refractivity contribution in [3.05, 3.63) is 22.7 Å². The molecule has 0 bridgehead atoms. The normalized spacial score (nSPS) is 17.8. The maximum Gasteiger partial charge on any atom is 0.309 e. The fourth-order valence-corrected chi connectivity index (χ4v) is 3.38. The number of benzene rings is 1. The molecule has 1 amide bonds. The van der Waals surface area contributed by atoms with Crippen LogP contribution in [0.2, 0.25) is 5.02 Å². The Labute approximate surface area is 152 Å². The number of nitrogens with zero attached hydrogens (tertiary/aromatic N) is 1. The summed E-state index contributed by atoms with van der Waals surface area (Å²) in [5.41, 5.74) is 0.476. The summed E-state index contributed by atoms with van der Waals surface area (Å²) in [7, 11) is 0. The number of fused-ring (bicyclic) bond motifs is 1. The minimum atomic E-state index is -0.173. The summed E-state index contributed by atoms with van der Waals surface area (Å²) in [6, 6.07) is 3.31. The molecule has 0 unspecified atom stereocenters. The number of hydrogen-bond acceptors (Lipinski definition) is 5. The molecule has 0 aromatic heterocycles. The average molecular weight is 368 g/mol. The monoisotopic (exact) mass is 367 g/mol. The lowest BCUT2D eigenvalue weighted by molar-refractivity contribution is -0.149. The molecule has 1 fully saturated rings. The van der Waals surface area contributed by atoms with Gasteiger partial charge >= 0.3 is 5.97 Å². The lowest BCUT2D eigenvalue weighted by atomic mass is 9.96. The van der Waals surface area contributed by atoms with Gasteiger partial charge in [0.05, 0.1) is 30.8 Å². The number of hydrogen-bond donors (Lipinski definition) is 0. The predicted octanol–water partition coefficient (Wildman–Crippen LogP) is 2.92. The van der Waals surface area contributed by atoms with E-state index in [0.29, 0.717) is 67.8 Å². The van der Waals surface area contributed by atoms with E-state index in [1.807, 2.05) is 0 Å². The van der Waals surface area contributed by atoms with Crippen molar-refractivity contribution < 1.29 is 23.8 Å². The van der Waals surface area contributed by atoms with Gasteiger partial charge in [0.25, 0.3) is 5.91 Å². The number of esters is 1. The molecule has 0 aliphatic carbocycles. The van der Waals surface area contributed by atoms with Crippen molar-refractivity contribution in [2.45, 2.75) is 26.2 Å². The standard InChI is InChI=1S/C18H22ClNO5/c1-2-23-18(22)12-4-6-20(7-5-12)17(21)13-10-14(19)16-15(11-13)24-8-3-9-25-16/h10-12H,2-9H2,1H3. The van der Waals surface area contributed by atoms with Gasteiger partial charge in [-0.25, -0.2) is 0 Å². The second-order valence-corrected chi connectivity index (χ2v) is 6.56. The summed E-state index contributed by atoms with van der Waals surface area (Å²) >= 11 is 6.27. The van der Waals surface area contributed by atoms with Crippen molar-refractivity contribution in [3.63, 3.8) is 0 Å². The van der Waals surface area contributed by atoms with Gasteiger partial charge in [-0.2, -0.15) is 0 Å². The summed E-state index contributed by atoms with van der Waals surface area (Å²) in [5.74, 6) is 0.593. The van der Waals surface area contributed by atoms with Crippen LogP contribution in [0.5, 0.6) is 11.5 Å². The maximum absolute atomic E-state index is 12.8. The largest absolute Gasteiger partial charge is 0.489 e. The van der Waals surface area contributed by atoms with Crippen molar-refractivity contribution in [2.75, 3.05) is 32.9 Å². The molecule has 0 spiro atoms. The Morgan fingerprint density at radius 2 is 1.96 bits per heavy atom. The van der Waals surface area contributed by atoms with E-state index in [1.54, 1.807) is 24.0 Å². The molecule has 1 aromatic rings. The van der Waals surface area contributed by atoms with Crippen LogP contribution in [0.4, 0.5) is 0 Å². The van der Waals surface area contributed by atoms with Crippen LogP contribution in [0.15, 0.2) is 12.1 Å². The van der Waals surface area contributed by atoms with Crippen LogP contribution >= 0.6 is 11.6 Å². The van der Waals surface area contributed by atoms with Crippen LogP contribution < -0.4 is 9.47 Å². The number of rotatable bonds is 3. The molecular weight excluding hydrogens is 346 g/mol. The molecule has 0 atom stereocenters. The lowest BCUT2D eigenvalue weighted by Crippen LogP contribution is -2.40. The zero-order valence-electron chi connectivity index (χ0n) is 14.3. The van der Waals surface area contributed by atoms with E-state index in [2.05, 4.69) is 0 Å². The number of likely N-dealkylation sites (tertiary alicyclic amines) is 1. The van der Waals surface area contributed by atoms with Gasteiger partial charge in [0, 0.05) is 25.1 Å². The van der Waals surface area contributed by atoms with Crippen molar-refractivity contribution in [3.8, 4) is 11.5 Å². The summed E-state index contributed by atoms with van der Waals surface area (Å²) in [6.07, 6.45) is 2.00. The molecule has 25 heavy (non-hydrogen) atoms. The molecule has 2 heterocycles. The lowest BCUT2D eigenvalue weighted by Gasteiger charge is -2.31. The van der Waals surface area contributed by atoms with Crippen molar-refractivity contribution in [1.29, 1.82) is 0 Å². The molecule has 1 aromatic carbocycles. The molecular formula is C18H22ClNO5. The molecule has 0 N–H and O–H groups in total. The topological polar surface area (TPSA) is 65.1 Å². The number of piperidine rings is 1. The highest BCUT2D eigenvalue weighted by Gasteiger charge is 2.29. The van der Waals surface area contributed by atoms with Crippen molar-refractivity contribution in [2.24, 2.45) is 5.92 Å². The van der Waals surface area contributed by atoms with E-state index in [4.69, 9.17) is 25.8 Å². The smallest absolute Gasteiger partial charge is 0.309 e. The summed E-state index contributed by atoms with van der Waals surface area (Å²) in [5, 5.41) is 0.379. The molecule has 136 valence electrons. The third-order valence-electron chi connectivity index (χ3n) is 4.45. The van der Waals surface area contributed by atoms with Crippen molar-refractivity contribution >= 4 is 23.5 Å². The van der Waals surface area contributed by atoms with Gasteiger partial charge in [-0.15, -0.1) is 0 Å². The third kappa shape index (κ3) is 4.00. The van der Waals surface area contributed by atoms with E-state index < -0.39 is 0 Å². The van der Waals surface area contributed by atoms with Crippen LogP contribution in [-0.4, -0.2) is 49.7 Å². The van der Waals surface area contributed by atoms with E-state index in [0.717, 1.165) is 6.42 Å². The number of carbonyl (C=O) groups excluding carboxylic acids is 2. The summed E-state index contributed by atoms with van der Waals surface area (Å²) in [6.45, 7) is 4.30. The first-order chi connectivity index (χ1) is 12.1.